The van der Waals surface area contributed by atoms with Crippen LogP contribution in [-0.2, 0) is 6.51 Å². The molecule has 45 heavy (non-hydrogen) atoms. The average Bonchev–Trinajstić information content (AvgIpc) is 4.00. The van der Waals surface area contributed by atoms with Crippen LogP contribution in [0.25, 0.3) is 0 Å². The summed E-state index contributed by atoms with van der Waals surface area (Å²) in [7, 11) is 0.0648. The van der Waals surface area contributed by atoms with E-state index in [1.54, 1.807) is 64.2 Å². The summed E-state index contributed by atoms with van der Waals surface area (Å²) < 4.78 is 2.04. The Morgan fingerprint density at radius 3 is 1.16 bits per heavy atom. The van der Waals surface area contributed by atoms with Crippen LogP contribution in [0.1, 0.15) is 64.2 Å². The number of rotatable bonds is 6. The molecule has 2 aromatic carbocycles. The van der Waals surface area contributed by atoms with Gasteiger partial charge < -0.3 is 0 Å². The molecule has 20 rings (SSSR count). The fourth-order valence-corrected chi connectivity index (χ4v) is 137. The third-order valence-electron chi connectivity index (χ3n) is 26.4. The van der Waals surface area contributed by atoms with Crippen molar-refractivity contribution >= 4 is 26.5 Å². The molecule has 8 atom stereocenters. The van der Waals surface area contributed by atoms with Crippen LogP contribution in [0.2, 0.25) is 38.5 Å². The first-order chi connectivity index (χ1) is 22.0. The fraction of sp³-hybridized carbons (Fsp3) is 0.714. The first-order valence-corrected chi connectivity index (χ1v) is 28.9. The summed E-state index contributed by atoms with van der Waals surface area (Å²) >= 11 is 0. The summed E-state index contributed by atoms with van der Waals surface area (Å²) in [4.78, 5) is 11.4. The maximum atomic E-state index is 2.65. The van der Waals surface area contributed by atoms with Gasteiger partial charge in [-0.2, -0.15) is 0 Å². The molecule has 18 fully saturated rings. The quantitative estimate of drug-likeness (QED) is 0.212. The van der Waals surface area contributed by atoms with Crippen molar-refractivity contribution in [1.82, 2.24) is 0 Å². The van der Waals surface area contributed by atoms with Crippen LogP contribution in [0.3, 0.4) is 0 Å². The van der Waals surface area contributed by atoms with E-state index in [1.807, 2.05) is 10.6 Å². The molecule has 18 aliphatic rings. The van der Waals surface area contributed by atoms with Gasteiger partial charge in [0.1, 0.15) is 0 Å². The molecule has 3 heteroatoms. The first kappa shape index (κ1) is 22.5. The Morgan fingerprint density at radius 2 is 0.800 bits per heavy atom. The molecule has 0 amide bonds. The molecule has 234 valence electrons. The summed E-state index contributed by atoms with van der Waals surface area (Å²) in [5.41, 5.74) is 2.54. The minimum atomic E-state index is -3.80. The van der Waals surface area contributed by atoms with E-state index in [4.69, 9.17) is 0 Å². The molecular weight excluding hydrogens is 622 g/mol. The molecule has 0 radical (unpaired) electrons. The van der Waals surface area contributed by atoms with Gasteiger partial charge in [0.2, 0.25) is 0 Å². The average molecular weight is 671 g/mol. The normalized spacial score (nSPS) is 79.2. The van der Waals surface area contributed by atoms with Crippen LogP contribution < -0.4 is 10.6 Å². The van der Waals surface area contributed by atoms with Crippen molar-refractivity contribution in [3.05, 3.63) is 60.7 Å². The van der Waals surface area contributed by atoms with E-state index in [2.05, 4.69) is 60.7 Å². The number of benzene rings is 2. The van der Waals surface area contributed by atoms with Gasteiger partial charge in [-0.3, -0.25) is 0 Å². The van der Waals surface area contributed by atoms with Gasteiger partial charge in [0.15, 0.2) is 0 Å². The Morgan fingerprint density at radius 1 is 0.444 bits per heavy atom. The van der Waals surface area contributed by atoms with E-state index < -0.39 is 6.51 Å². The maximum absolute atomic E-state index is 3.80. The molecule has 8 aliphatic carbocycles. The predicted molar refractivity (Wildman–Crippen MR) is 183 cm³/mol. The van der Waals surface area contributed by atoms with E-state index in [1.165, 1.54) is 73.5 Å². The molecule has 2 aromatic rings. The number of fused-ring (bicyclic) bond motifs is 10. The molecule has 0 aromatic heterocycles. The number of hydrogen-bond donors (Lipinski definition) is 0. The minimum absolute atomic E-state index is 0.173. The Bertz CT molecular complexity index is 2110. The Hall–Kier alpha value is -0.181. The molecule has 0 N–H and O–H groups in total. The van der Waals surface area contributed by atoms with E-state index in [-0.39, 0.29) is 15.8 Å². The third kappa shape index (κ3) is 0.722. The zero-order valence-corrected chi connectivity index (χ0v) is 29.4. The monoisotopic (exact) mass is 670 g/mol. The van der Waals surface area contributed by atoms with Crippen molar-refractivity contribution in [2.75, 3.05) is 0 Å². The van der Waals surface area contributed by atoms with Crippen LogP contribution in [-0.4, -0.2) is 19.4 Å². The van der Waals surface area contributed by atoms with Gasteiger partial charge in [-0.25, -0.2) is 0 Å². The van der Waals surface area contributed by atoms with Crippen LogP contribution in [0.15, 0.2) is 60.7 Å². The van der Waals surface area contributed by atoms with Crippen molar-refractivity contribution in [2.45, 2.75) is 122 Å². The Labute approximate surface area is 261 Å². The predicted octanol–water partition coefficient (Wildman–Crippen LogP) is 10.5. The molecular formula is C42H48FeP2. The molecule has 8 bridgehead atoms. The van der Waals surface area contributed by atoms with Gasteiger partial charge in [-0.15, -0.1) is 0 Å². The zero-order chi connectivity index (χ0) is 28.2. The second-order valence-electron chi connectivity index (χ2n) is 23.0. The summed E-state index contributed by atoms with van der Waals surface area (Å²) in [5, 5.41) is 3.66. The van der Waals surface area contributed by atoms with Crippen molar-refractivity contribution in [3.8, 4) is 0 Å². The van der Waals surface area contributed by atoms with E-state index in [0.29, 0.717) is 0 Å². The Balaban J connectivity index is 0.922. The van der Waals surface area contributed by atoms with Crippen LogP contribution in [0.5, 0.6) is 0 Å². The van der Waals surface area contributed by atoms with Crippen molar-refractivity contribution in [1.29, 1.82) is 0 Å². The van der Waals surface area contributed by atoms with Crippen molar-refractivity contribution in [3.63, 3.8) is 0 Å². The number of hydrogen-bond acceptors (Lipinski definition) is 0. The summed E-state index contributed by atoms with van der Waals surface area (Å²) in [6.07, 6.45) is 17.0. The van der Waals surface area contributed by atoms with Crippen LogP contribution in [0.4, 0.5) is 0 Å². The van der Waals surface area contributed by atoms with Gasteiger partial charge in [0.05, 0.1) is 0 Å². The van der Waals surface area contributed by atoms with Gasteiger partial charge >= 0.3 is 263 Å². The molecule has 1 spiro atoms. The van der Waals surface area contributed by atoms with Gasteiger partial charge in [-0.05, 0) is 0 Å². The fourth-order valence-electron chi connectivity index (χ4n) is 28.7. The van der Waals surface area contributed by atoms with E-state index in [9.17, 15) is 0 Å². The molecule has 10 aliphatic heterocycles. The summed E-state index contributed by atoms with van der Waals surface area (Å²) in [6, 6.07) is 25.0. The first-order valence-electron chi connectivity index (χ1n) is 19.9. The standard InChI is InChI=1S/C25H34P.C17H14P.Fe/c1-2-4-23(3-1)26(24-19-7-15-5-16(9-19)10-20(24)8-15)25-21-11-17-6-18(13-21)14-22(25)12-17;1-3-9-15(10-4-1)18(17-13-7-8-14-17)16-11-5-2-6-12-16;/h1-4,15-22,24-25H,5-14H2;1-14H;. The van der Waals surface area contributed by atoms with Gasteiger partial charge in [0, 0.05) is 0 Å². The van der Waals surface area contributed by atoms with Crippen molar-refractivity contribution < 1.29 is 6.51 Å². The molecule has 8 unspecified atom stereocenters. The van der Waals surface area contributed by atoms with E-state index >= 15 is 0 Å². The van der Waals surface area contributed by atoms with Gasteiger partial charge in [0.25, 0.3) is 0 Å². The molecule has 0 nitrogen and oxygen atoms in total. The molecule has 10 saturated heterocycles. The second-order valence-corrected chi connectivity index (χ2v) is 52.1. The van der Waals surface area contributed by atoms with Gasteiger partial charge in [-0.1, -0.05) is 0 Å². The molecule has 8 saturated carbocycles. The van der Waals surface area contributed by atoms with E-state index in [0.717, 1.165) is 31.8 Å². The topological polar surface area (TPSA) is 0 Å². The SMILES string of the molecule is c1ccc(P(c2ccccc2)[C]23[CH]4[CH]5[CH]6[CH]2[Fe]56432789[CH]3[CH]2[CH]7[C]8(P(C2C4CC5CC(C4)CC2C5)C2C4CC5CC(C4)CC2C5)[CH]39)cc1. The van der Waals surface area contributed by atoms with Crippen LogP contribution >= 0.6 is 15.8 Å². The summed E-state index contributed by atoms with van der Waals surface area (Å²) in [6.45, 7) is -3.80. The third-order valence-corrected chi connectivity index (χ3v) is 84.6. The zero-order valence-electron chi connectivity index (χ0n) is 26.5. The Kier molecular flexibility index (Phi) is 1.97. The molecule has 10 heterocycles. The second kappa shape index (κ2) is 3.94. The van der Waals surface area contributed by atoms with Crippen molar-refractivity contribution in [2.24, 2.45) is 47.3 Å². The summed E-state index contributed by atoms with van der Waals surface area (Å²) in [5.74, 6) is 9.43. The van der Waals surface area contributed by atoms with Crippen LogP contribution in [0, 0.1) is 47.3 Å².